The van der Waals surface area contributed by atoms with Crippen LogP contribution in [0.3, 0.4) is 0 Å². The van der Waals surface area contributed by atoms with Crippen LogP contribution in [0.2, 0.25) is 0 Å². The van der Waals surface area contributed by atoms with Crippen molar-refractivity contribution < 1.29 is 4.79 Å². The summed E-state index contributed by atoms with van der Waals surface area (Å²) in [5, 5.41) is 8.66. The third-order valence-electron chi connectivity index (χ3n) is 6.26. The topological polar surface area (TPSA) is 79.2 Å². The zero-order valence-corrected chi connectivity index (χ0v) is 18.9. The lowest BCUT2D eigenvalue weighted by Gasteiger charge is -2.24. The zero-order chi connectivity index (χ0) is 22.1. The van der Waals surface area contributed by atoms with E-state index < -0.39 is 0 Å². The van der Waals surface area contributed by atoms with Gasteiger partial charge in [-0.05, 0) is 44.7 Å². The van der Waals surface area contributed by atoms with E-state index in [0.29, 0.717) is 19.0 Å². The average molecular weight is 434 g/mol. The highest BCUT2D eigenvalue weighted by atomic mass is 16.2. The Labute approximate surface area is 188 Å². The summed E-state index contributed by atoms with van der Waals surface area (Å²) in [5.41, 5.74) is 3.09. The first kappa shape index (κ1) is 20.7. The Morgan fingerprint density at radius 3 is 2.66 bits per heavy atom. The monoisotopic (exact) mass is 433 g/mol. The maximum atomic E-state index is 12.5. The van der Waals surface area contributed by atoms with Crippen LogP contribution in [0.1, 0.15) is 49.9 Å². The predicted molar refractivity (Wildman–Crippen MR) is 125 cm³/mol. The summed E-state index contributed by atoms with van der Waals surface area (Å²) in [6, 6.07) is 8.39. The largest absolute Gasteiger partial charge is 0.354 e. The van der Waals surface area contributed by atoms with Crippen LogP contribution >= 0.6 is 0 Å². The van der Waals surface area contributed by atoms with Crippen molar-refractivity contribution in [1.29, 1.82) is 0 Å². The van der Waals surface area contributed by atoms with E-state index in [4.69, 9.17) is 9.97 Å². The second-order valence-electron chi connectivity index (χ2n) is 8.87. The molecule has 3 aromatic rings. The molecule has 5 rings (SSSR count). The van der Waals surface area contributed by atoms with Crippen molar-refractivity contribution >= 4 is 22.9 Å². The molecule has 1 aromatic carbocycles. The summed E-state index contributed by atoms with van der Waals surface area (Å²) >= 11 is 0. The van der Waals surface area contributed by atoms with E-state index in [2.05, 4.69) is 53.4 Å². The summed E-state index contributed by atoms with van der Waals surface area (Å²) in [5.74, 6) is 2.32. The number of hydrogen-bond acceptors (Lipinski definition) is 5. The highest BCUT2D eigenvalue weighted by molar-refractivity contribution is 5.88. The van der Waals surface area contributed by atoms with Crippen LogP contribution in [0.25, 0.3) is 16.7 Å². The number of carbonyl (C=O) groups excluding carboxylic acids is 1. The molecule has 1 saturated carbocycles. The van der Waals surface area contributed by atoms with E-state index in [1.54, 1.807) is 0 Å². The van der Waals surface area contributed by atoms with Gasteiger partial charge in [-0.2, -0.15) is 5.10 Å². The van der Waals surface area contributed by atoms with E-state index >= 15 is 0 Å². The zero-order valence-electron chi connectivity index (χ0n) is 18.9. The Morgan fingerprint density at radius 1 is 1.09 bits per heavy atom. The molecule has 0 unspecified atom stereocenters. The molecule has 32 heavy (non-hydrogen) atoms. The minimum Gasteiger partial charge on any atom is -0.354 e. The van der Waals surface area contributed by atoms with E-state index in [1.165, 1.54) is 5.56 Å². The van der Waals surface area contributed by atoms with Gasteiger partial charge in [-0.15, -0.1) is 0 Å². The standard InChI is InChI=1S/C24H31N7O/c1-3-11-25-24(32)30-13-4-12-29(14-15-30)22-20-16-26-31(19-9-5-17(2)6-10-19)23(20)28-21(27-22)18-7-8-18/h5-6,9-10,16,18H,3-4,7-8,11-15H2,1-2H3,(H,25,32). The Bertz CT molecular complexity index is 1100. The van der Waals surface area contributed by atoms with Crippen molar-refractivity contribution in [2.45, 2.75) is 45.4 Å². The SMILES string of the molecule is CCCNC(=O)N1CCCN(c2nc(C3CC3)nc3c2cnn3-c2ccc(C)cc2)CC1. The van der Waals surface area contributed by atoms with Crippen LogP contribution in [0.4, 0.5) is 10.6 Å². The molecule has 168 valence electrons. The number of amides is 2. The van der Waals surface area contributed by atoms with E-state index in [0.717, 1.165) is 73.7 Å². The lowest BCUT2D eigenvalue weighted by molar-refractivity contribution is 0.201. The van der Waals surface area contributed by atoms with Crippen molar-refractivity contribution in [3.63, 3.8) is 0 Å². The van der Waals surface area contributed by atoms with Gasteiger partial charge >= 0.3 is 6.03 Å². The van der Waals surface area contributed by atoms with E-state index in [9.17, 15) is 4.79 Å². The summed E-state index contributed by atoms with van der Waals surface area (Å²) in [4.78, 5) is 26.6. The number of anilines is 1. The lowest BCUT2D eigenvalue weighted by Crippen LogP contribution is -2.42. The second kappa shape index (κ2) is 8.76. The molecule has 8 nitrogen and oxygen atoms in total. The highest BCUT2D eigenvalue weighted by Gasteiger charge is 2.30. The molecule has 0 bridgehead atoms. The fourth-order valence-electron chi connectivity index (χ4n) is 4.23. The quantitative estimate of drug-likeness (QED) is 0.665. The Kier molecular flexibility index (Phi) is 5.68. The van der Waals surface area contributed by atoms with Gasteiger partial charge < -0.3 is 15.1 Å². The Balaban J connectivity index is 1.47. The molecular formula is C24H31N7O. The van der Waals surface area contributed by atoms with Crippen molar-refractivity contribution in [3.8, 4) is 5.69 Å². The first-order valence-corrected chi connectivity index (χ1v) is 11.7. The molecule has 1 N–H and O–H groups in total. The number of carbonyl (C=O) groups is 1. The summed E-state index contributed by atoms with van der Waals surface area (Å²) in [6.07, 6.45) is 6.04. The number of nitrogens with zero attached hydrogens (tertiary/aromatic N) is 6. The second-order valence-corrected chi connectivity index (χ2v) is 8.87. The molecule has 2 aromatic heterocycles. The molecule has 1 aliphatic carbocycles. The molecule has 0 atom stereocenters. The molecule has 2 amide bonds. The maximum Gasteiger partial charge on any atom is 0.317 e. The van der Waals surface area contributed by atoms with Crippen LogP contribution in [-0.4, -0.2) is 63.4 Å². The third kappa shape index (κ3) is 4.13. The molecule has 0 spiro atoms. The molecule has 2 aliphatic rings. The molecule has 8 heteroatoms. The normalized spacial score (nSPS) is 16.9. The Morgan fingerprint density at radius 2 is 1.91 bits per heavy atom. The number of aromatic nitrogens is 4. The average Bonchev–Trinajstić information content (AvgIpc) is 3.61. The van der Waals surface area contributed by atoms with Crippen LogP contribution < -0.4 is 10.2 Å². The van der Waals surface area contributed by atoms with Crippen LogP contribution in [-0.2, 0) is 0 Å². The van der Waals surface area contributed by atoms with Crippen molar-refractivity contribution in [3.05, 3.63) is 41.9 Å². The number of urea groups is 1. The van der Waals surface area contributed by atoms with Gasteiger partial charge in [0.15, 0.2) is 5.65 Å². The molecule has 1 saturated heterocycles. The third-order valence-corrected chi connectivity index (χ3v) is 6.26. The number of aryl methyl sites for hydroxylation is 1. The minimum atomic E-state index is 0.0346. The van der Waals surface area contributed by atoms with Crippen molar-refractivity contribution in [2.75, 3.05) is 37.6 Å². The fourth-order valence-corrected chi connectivity index (χ4v) is 4.23. The van der Waals surface area contributed by atoms with Gasteiger partial charge in [0.2, 0.25) is 0 Å². The van der Waals surface area contributed by atoms with Gasteiger partial charge in [0.25, 0.3) is 0 Å². The molecular weight excluding hydrogens is 402 g/mol. The number of rotatable bonds is 5. The van der Waals surface area contributed by atoms with Crippen LogP contribution in [0.5, 0.6) is 0 Å². The first-order valence-electron chi connectivity index (χ1n) is 11.7. The highest BCUT2D eigenvalue weighted by Crippen LogP contribution is 2.40. The molecule has 0 radical (unpaired) electrons. The van der Waals surface area contributed by atoms with E-state index in [-0.39, 0.29) is 6.03 Å². The number of benzene rings is 1. The first-order chi connectivity index (χ1) is 15.6. The van der Waals surface area contributed by atoms with Crippen LogP contribution in [0, 0.1) is 6.92 Å². The van der Waals surface area contributed by atoms with Crippen LogP contribution in [0.15, 0.2) is 30.5 Å². The lowest BCUT2D eigenvalue weighted by atomic mass is 10.2. The summed E-state index contributed by atoms with van der Waals surface area (Å²) in [6.45, 7) is 7.94. The van der Waals surface area contributed by atoms with Gasteiger partial charge in [0.1, 0.15) is 11.6 Å². The van der Waals surface area contributed by atoms with Crippen molar-refractivity contribution in [1.82, 2.24) is 30.0 Å². The van der Waals surface area contributed by atoms with Gasteiger partial charge in [-0.3, -0.25) is 0 Å². The smallest absolute Gasteiger partial charge is 0.317 e. The molecule has 3 heterocycles. The number of fused-ring (bicyclic) bond motifs is 1. The van der Waals surface area contributed by atoms with Gasteiger partial charge in [-0.1, -0.05) is 24.6 Å². The summed E-state index contributed by atoms with van der Waals surface area (Å²) in [7, 11) is 0. The molecule has 2 fully saturated rings. The Hall–Kier alpha value is -3.16. The summed E-state index contributed by atoms with van der Waals surface area (Å²) < 4.78 is 1.92. The number of nitrogens with one attached hydrogen (secondary N) is 1. The molecule has 1 aliphatic heterocycles. The fraction of sp³-hybridized carbons (Fsp3) is 0.500. The van der Waals surface area contributed by atoms with Gasteiger partial charge in [0.05, 0.1) is 17.3 Å². The van der Waals surface area contributed by atoms with Crippen molar-refractivity contribution in [2.24, 2.45) is 0 Å². The van der Waals surface area contributed by atoms with E-state index in [1.807, 2.05) is 15.8 Å². The maximum absolute atomic E-state index is 12.5. The predicted octanol–water partition coefficient (Wildman–Crippen LogP) is 3.63. The van der Waals surface area contributed by atoms with Gasteiger partial charge in [-0.25, -0.2) is 19.4 Å². The minimum absolute atomic E-state index is 0.0346. The van der Waals surface area contributed by atoms with Gasteiger partial charge in [0, 0.05) is 38.6 Å². The number of hydrogen-bond donors (Lipinski definition) is 1.